The van der Waals surface area contributed by atoms with Gasteiger partial charge in [-0.2, -0.15) is 0 Å². The van der Waals surface area contributed by atoms with Gasteiger partial charge in [-0.1, -0.05) is 25.5 Å². The fraction of sp³-hybridized carbons (Fsp3) is 0.263. The molecule has 4 N–H and O–H groups in total. The standard InChI is InChI=1S/C19H23N3O2/c1-3-4-14-5-9-16(10-6-14)21-13(2)19(24)22-17-11-7-15(8-12-17)18(20)23/h5-13,21H,3-4H2,1-2H3,(H2,20,23)(H,22,24)/t13-/m1/s1. The molecule has 0 aromatic heterocycles. The highest BCUT2D eigenvalue weighted by molar-refractivity contribution is 5.97. The van der Waals surface area contributed by atoms with Crippen molar-refractivity contribution < 1.29 is 9.59 Å². The number of hydrogen-bond donors (Lipinski definition) is 3. The van der Waals surface area contributed by atoms with E-state index >= 15 is 0 Å². The van der Waals surface area contributed by atoms with Gasteiger partial charge in [0, 0.05) is 16.9 Å². The van der Waals surface area contributed by atoms with Gasteiger partial charge >= 0.3 is 0 Å². The monoisotopic (exact) mass is 325 g/mol. The average Bonchev–Trinajstić information content (AvgIpc) is 2.57. The molecule has 0 radical (unpaired) electrons. The van der Waals surface area contributed by atoms with Gasteiger partial charge in [0.25, 0.3) is 0 Å². The van der Waals surface area contributed by atoms with Gasteiger partial charge in [0.2, 0.25) is 11.8 Å². The lowest BCUT2D eigenvalue weighted by atomic mass is 10.1. The minimum atomic E-state index is -0.491. The molecule has 2 rings (SSSR count). The smallest absolute Gasteiger partial charge is 0.248 e. The normalized spacial score (nSPS) is 11.6. The Kier molecular flexibility index (Phi) is 5.95. The molecule has 0 saturated heterocycles. The molecular weight excluding hydrogens is 302 g/mol. The van der Waals surface area contributed by atoms with Gasteiger partial charge in [0.1, 0.15) is 6.04 Å². The molecule has 0 fully saturated rings. The molecule has 126 valence electrons. The maximum atomic E-state index is 12.2. The molecule has 0 heterocycles. The van der Waals surface area contributed by atoms with Crippen LogP contribution in [0.25, 0.3) is 0 Å². The molecule has 24 heavy (non-hydrogen) atoms. The van der Waals surface area contributed by atoms with Gasteiger partial charge < -0.3 is 16.4 Å². The number of primary amides is 1. The first-order chi connectivity index (χ1) is 11.5. The zero-order valence-electron chi connectivity index (χ0n) is 14.0. The summed E-state index contributed by atoms with van der Waals surface area (Å²) in [6.07, 6.45) is 2.16. The molecule has 0 unspecified atom stereocenters. The van der Waals surface area contributed by atoms with E-state index in [-0.39, 0.29) is 5.91 Å². The number of carbonyl (C=O) groups excluding carboxylic acids is 2. The molecule has 0 aliphatic carbocycles. The molecule has 2 aromatic carbocycles. The first-order valence-corrected chi connectivity index (χ1v) is 8.06. The molecule has 1 atom stereocenters. The number of hydrogen-bond acceptors (Lipinski definition) is 3. The van der Waals surface area contributed by atoms with Gasteiger partial charge in [0.15, 0.2) is 0 Å². The lowest BCUT2D eigenvalue weighted by Crippen LogP contribution is -2.31. The largest absolute Gasteiger partial charge is 0.374 e. The Hall–Kier alpha value is -2.82. The van der Waals surface area contributed by atoms with E-state index in [1.165, 1.54) is 5.56 Å². The molecule has 0 bridgehead atoms. The Morgan fingerprint density at radius 3 is 2.12 bits per heavy atom. The summed E-state index contributed by atoms with van der Waals surface area (Å²) in [6, 6.07) is 14.2. The summed E-state index contributed by atoms with van der Waals surface area (Å²) in [6.45, 7) is 3.95. The van der Waals surface area contributed by atoms with E-state index < -0.39 is 11.9 Å². The lowest BCUT2D eigenvalue weighted by molar-refractivity contribution is -0.116. The summed E-state index contributed by atoms with van der Waals surface area (Å²) in [5, 5.41) is 5.98. The number of aryl methyl sites for hydroxylation is 1. The number of nitrogens with one attached hydrogen (secondary N) is 2. The van der Waals surface area contributed by atoms with Crippen LogP contribution in [0.15, 0.2) is 48.5 Å². The van der Waals surface area contributed by atoms with Crippen molar-refractivity contribution in [2.24, 2.45) is 5.73 Å². The SMILES string of the molecule is CCCc1ccc(N[C@H](C)C(=O)Nc2ccc(C(N)=O)cc2)cc1. The molecule has 0 aliphatic heterocycles. The zero-order chi connectivity index (χ0) is 17.5. The number of carbonyl (C=O) groups is 2. The highest BCUT2D eigenvalue weighted by Gasteiger charge is 2.13. The van der Waals surface area contributed by atoms with E-state index in [4.69, 9.17) is 5.73 Å². The van der Waals surface area contributed by atoms with Crippen molar-refractivity contribution in [3.05, 3.63) is 59.7 Å². The quantitative estimate of drug-likeness (QED) is 0.731. The van der Waals surface area contributed by atoms with Crippen molar-refractivity contribution in [2.75, 3.05) is 10.6 Å². The predicted molar refractivity (Wildman–Crippen MR) is 97.1 cm³/mol. The first-order valence-electron chi connectivity index (χ1n) is 8.06. The van der Waals surface area contributed by atoms with Crippen LogP contribution in [-0.4, -0.2) is 17.9 Å². The summed E-state index contributed by atoms with van der Waals surface area (Å²) in [5.74, 6) is -0.645. The van der Waals surface area contributed by atoms with Gasteiger partial charge in [-0.15, -0.1) is 0 Å². The number of anilines is 2. The molecule has 2 aromatic rings. The summed E-state index contributed by atoms with van der Waals surface area (Å²) < 4.78 is 0. The number of amides is 2. The number of rotatable bonds is 7. The van der Waals surface area contributed by atoms with Gasteiger partial charge in [-0.25, -0.2) is 0 Å². The molecule has 0 aliphatic rings. The van der Waals surface area contributed by atoms with Crippen molar-refractivity contribution in [1.29, 1.82) is 0 Å². The van der Waals surface area contributed by atoms with Crippen LogP contribution in [0, 0.1) is 0 Å². The van der Waals surface area contributed by atoms with Crippen LogP contribution in [0.3, 0.4) is 0 Å². The predicted octanol–water partition coefficient (Wildman–Crippen LogP) is 3.18. The van der Waals surface area contributed by atoms with E-state index in [2.05, 4.69) is 29.7 Å². The second kappa shape index (κ2) is 8.15. The minimum Gasteiger partial charge on any atom is -0.374 e. The second-order valence-electron chi connectivity index (χ2n) is 5.74. The van der Waals surface area contributed by atoms with E-state index in [0.29, 0.717) is 11.3 Å². The van der Waals surface area contributed by atoms with Crippen LogP contribution >= 0.6 is 0 Å². The maximum Gasteiger partial charge on any atom is 0.248 e. The fourth-order valence-electron chi connectivity index (χ4n) is 2.34. The molecule has 5 nitrogen and oxygen atoms in total. The summed E-state index contributed by atoms with van der Waals surface area (Å²) in [4.78, 5) is 23.3. The topological polar surface area (TPSA) is 84.2 Å². The highest BCUT2D eigenvalue weighted by Crippen LogP contribution is 2.14. The average molecular weight is 325 g/mol. The van der Waals surface area contributed by atoms with Crippen LogP contribution in [0.1, 0.15) is 36.2 Å². The molecule has 0 saturated carbocycles. The van der Waals surface area contributed by atoms with Crippen LogP contribution in [-0.2, 0) is 11.2 Å². The van der Waals surface area contributed by atoms with Crippen molar-refractivity contribution in [3.63, 3.8) is 0 Å². The summed E-state index contributed by atoms with van der Waals surface area (Å²) in [5.41, 5.74) is 8.41. The zero-order valence-corrected chi connectivity index (χ0v) is 14.0. The summed E-state index contributed by atoms with van der Waals surface area (Å²) in [7, 11) is 0. The third kappa shape index (κ3) is 4.84. The van der Waals surface area contributed by atoms with Crippen molar-refractivity contribution in [1.82, 2.24) is 0 Å². The summed E-state index contributed by atoms with van der Waals surface area (Å²) >= 11 is 0. The van der Waals surface area contributed by atoms with Crippen LogP contribution in [0.2, 0.25) is 0 Å². The van der Waals surface area contributed by atoms with Gasteiger partial charge in [-0.05, 0) is 55.3 Å². The minimum absolute atomic E-state index is 0.153. The van der Waals surface area contributed by atoms with Crippen molar-refractivity contribution >= 4 is 23.2 Å². The molecule has 2 amide bonds. The molecule has 0 spiro atoms. The van der Waals surface area contributed by atoms with Crippen LogP contribution in [0.4, 0.5) is 11.4 Å². The van der Waals surface area contributed by atoms with E-state index in [1.54, 1.807) is 31.2 Å². The number of nitrogens with two attached hydrogens (primary N) is 1. The Balaban J connectivity index is 1.92. The Morgan fingerprint density at radius 1 is 1.00 bits per heavy atom. The molecular formula is C19H23N3O2. The lowest BCUT2D eigenvalue weighted by Gasteiger charge is -2.15. The van der Waals surface area contributed by atoms with Crippen molar-refractivity contribution in [2.45, 2.75) is 32.7 Å². The van der Waals surface area contributed by atoms with E-state index in [0.717, 1.165) is 18.5 Å². The van der Waals surface area contributed by atoms with Gasteiger partial charge in [-0.3, -0.25) is 9.59 Å². The number of benzene rings is 2. The first kappa shape index (κ1) is 17.5. The van der Waals surface area contributed by atoms with E-state index in [1.807, 2.05) is 12.1 Å². The third-order valence-corrected chi connectivity index (χ3v) is 3.71. The van der Waals surface area contributed by atoms with Crippen LogP contribution < -0.4 is 16.4 Å². The maximum absolute atomic E-state index is 12.2. The second-order valence-corrected chi connectivity index (χ2v) is 5.74. The molecule has 5 heteroatoms. The Labute approximate surface area is 142 Å². The van der Waals surface area contributed by atoms with Crippen LogP contribution in [0.5, 0.6) is 0 Å². The Morgan fingerprint density at radius 2 is 1.58 bits per heavy atom. The van der Waals surface area contributed by atoms with Crippen molar-refractivity contribution in [3.8, 4) is 0 Å². The third-order valence-electron chi connectivity index (χ3n) is 3.71. The Bertz CT molecular complexity index is 694. The fourth-order valence-corrected chi connectivity index (χ4v) is 2.34. The van der Waals surface area contributed by atoms with E-state index in [9.17, 15) is 9.59 Å². The highest BCUT2D eigenvalue weighted by atomic mass is 16.2. The van der Waals surface area contributed by atoms with Gasteiger partial charge in [0.05, 0.1) is 0 Å².